The van der Waals surface area contributed by atoms with Gasteiger partial charge in [-0.2, -0.15) is 0 Å². The first-order valence-electron chi connectivity index (χ1n) is 21.2. The number of anilines is 6. The number of nitrogens with zero attached hydrogens (tertiary/aromatic N) is 2. The molecule has 4 nitrogen and oxygen atoms in total. The van der Waals surface area contributed by atoms with Crippen LogP contribution in [0.25, 0.3) is 65.4 Å². The molecule has 11 aromatic rings. The molecule has 61 heavy (non-hydrogen) atoms. The first-order valence-corrected chi connectivity index (χ1v) is 21.2. The van der Waals surface area contributed by atoms with Crippen molar-refractivity contribution in [3.63, 3.8) is 0 Å². The predicted octanol–water partition coefficient (Wildman–Crippen LogP) is 16.9. The first kappa shape index (κ1) is 36.8. The molecule has 0 aliphatic carbocycles. The fourth-order valence-electron chi connectivity index (χ4n) is 9.83. The molecule has 0 amide bonds. The zero-order chi connectivity index (χ0) is 41.7. The van der Waals surface area contributed by atoms with Crippen molar-refractivity contribution in [3.8, 4) is 0 Å². The van der Waals surface area contributed by atoms with Gasteiger partial charge in [0.25, 0.3) is 0 Å². The van der Waals surface area contributed by atoms with Crippen molar-refractivity contribution in [2.45, 2.75) is 48.5 Å². The Morgan fingerprint density at radius 3 is 1.28 bits per heavy atom. The summed E-state index contributed by atoms with van der Waals surface area (Å²) in [4.78, 5) is 4.81. The summed E-state index contributed by atoms with van der Waals surface area (Å²) in [6, 6.07) is 55.1. The van der Waals surface area contributed by atoms with Gasteiger partial charge in [-0.15, -0.1) is 0 Å². The average Bonchev–Trinajstić information content (AvgIpc) is 3.80. The third-order valence-electron chi connectivity index (χ3n) is 12.8. The number of furan rings is 2. The van der Waals surface area contributed by atoms with Crippen LogP contribution in [-0.4, -0.2) is 0 Å². The lowest BCUT2D eigenvalue weighted by Gasteiger charge is -2.30. The molecule has 0 saturated heterocycles. The van der Waals surface area contributed by atoms with Gasteiger partial charge in [-0.1, -0.05) is 84.9 Å². The molecule has 0 N–H and O–H groups in total. The van der Waals surface area contributed by atoms with Crippen LogP contribution in [0.15, 0.2) is 160 Å². The van der Waals surface area contributed by atoms with Crippen molar-refractivity contribution >= 4 is 99.5 Å². The van der Waals surface area contributed by atoms with Crippen LogP contribution >= 0.6 is 0 Å². The molecule has 296 valence electrons. The third kappa shape index (κ3) is 5.81. The quantitative estimate of drug-likeness (QED) is 0.168. The minimum atomic E-state index is 0.782. The molecule has 4 heteroatoms. The summed E-state index contributed by atoms with van der Waals surface area (Å²) < 4.78 is 13.7. The molecular formula is C57H46N2O2. The molecule has 0 aliphatic rings. The lowest BCUT2D eigenvalue weighted by atomic mass is 9.99. The monoisotopic (exact) mass is 790 g/mol. The zero-order valence-corrected chi connectivity index (χ0v) is 35.6. The molecule has 2 heterocycles. The normalized spacial score (nSPS) is 11.9. The van der Waals surface area contributed by atoms with Gasteiger partial charge in [-0.25, -0.2) is 0 Å². The Morgan fingerprint density at radius 1 is 0.328 bits per heavy atom. The molecule has 0 saturated carbocycles. The van der Waals surface area contributed by atoms with Crippen LogP contribution < -0.4 is 9.80 Å². The Balaban J connectivity index is 1.06. The molecule has 0 aliphatic heterocycles. The first-order chi connectivity index (χ1) is 29.6. The molecule has 0 unspecified atom stereocenters. The molecule has 11 rings (SSSR count). The standard InChI is InChI=1S/C57H46N2O2/c1-33-14-8-10-20-49(33)58(54-35(3)16-12-17-36(54)4)44-24-22-40-29-46-47-26-39(7)53-48-30-41-23-25-45(59(50-21-11-9-15-34(50)2)55-37(5)18-13-19-38(55)6)28-43(41)32-52(48)61-57(53)56(47)60-51(46)31-42(40)27-44/h8-32H,1-7H3. The highest BCUT2D eigenvalue weighted by Gasteiger charge is 2.23. The lowest BCUT2D eigenvalue weighted by Crippen LogP contribution is -2.14. The van der Waals surface area contributed by atoms with Gasteiger partial charge in [0.15, 0.2) is 11.2 Å². The van der Waals surface area contributed by atoms with E-state index in [4.69, 9.17) is 8.83 Å². The summed E-state index contributed by atoms with van der Waals surface area (Å²) in [5.74, 6) is 0. The molecule has 9 aromatic carbocycles. The number of para-hydroxylation sites is 4. The highest BCUT2D eigenvalue weighted by molar-refractivity contribution is 6.22. The molecule has 0 bridgehead atoms. The fourth-order valence-corrected chi connectivity index (χ4v) is 9.83. The van der Waals surface area contributed by atoms with E-state index >= 15 is 0 Å². The fraction of sp³-hybridized carbons (Fsp3) is 0.123. The summed E-state index contributed by atoms with van der Waals surface area (Å²) in [7, 11) is 0. The van der Waals surface area contributed by atoms with Gasteiger partial charge < -0.3 is 18.6 Å². The van der Waals surface area contributed by atoms with E-state index in [-0.39, 0.29) is 0 Å². The van der Waals surface area contributed by atoms with Gasteiger partial charge in [0.05, 0.1) is 11.4 Å². The van der Waals surface area contributed by atoms with E-state index in [9.17, 15) is 0 Å². The summed E-state index contributed by atoms with van der Waals surface area (Å²) in [6.07, 6.45) is 0. The van der Waals surface area contributed by atoms with E-state index in [0.29, 0.717) is 0 Å². The predicted molar refractivity (Wildman–Crippen MR) is 259 cm³/mol. The van der Waals surface area contributed by atoms with Crippen molar-refractivity contribution < 1.29 is 8.83 Å². The third-order valence-corrected chi connectivity index (χ3v) is 12.8. The van der Waals surface area contributed by atoms with Crippen LogP contribution in [0, 0.1) is 48.5 Å². The van der Waals surface area contributed by atoms with Crippen LogP contribution in [0.5, 0.6) is 0 Å². The number of hydrogen-bond acceptors (Lipinski definition) is 4. The van der Waals surface area contributed by atoms with Gasteiger partial charge in [0.2, 0.25) is 0 Å². The van der Waals surface area contributed by atoms with Gasteiger partial charge in [0.1, 0.15) is 11.2 Å². The zero-order valence-electron chi connectivity index (χ0n) is 35.6. The topological polar surface area (TPSA) is 32.8 Å². The van der Waals surface area contributed by atoms with E-state index in [0.717, 1.165) is 76.8 Å². The van der Waals surface area contributed by atoms with Gasteiger partial charge >= 0.3 is 0 Å². The highest BCUT2D eigenvalue weighted by atomic mass is 16.4. The number of fused-ring (bicyclic) bond motifs is 9. The maximum Gasteiger partial charge on any atom is 0.178 e. The van der Waals surface area contributed by atoms with E-state index in [1.165, 1.54) is 61.7 Å². The van der Waals surface area contributed by atoms with Gasteiger partial charge in [-0.05, 0) is 176 Å². The SMILES string of the molecule is Cc1ccccc1N(c1ccc2cc3c(cc2c1)oc1c3cc(C)c2c3cc4ccc(N(c5ccccc5C)c5c(C)cccc5C)cc4cc3oc12)c1c(C)cccc1C. The Labute approximate surface area is 355 Å². The molecule has 0 fully saturated rings. The van der Waals surface area contributed by atoms with Crippen molar-refractivity contribution in [1.29, 1.82) is 0 Å². The second kappa shape index (κ2) is 13.9. The van der Waals surface area contributed by atoms with Crippen molar-refractivity contribution in [1.82, 2.24) is 0 Å². The molecule has 0 spiro atoms. The summed E-state index contributed by atoms with van der Waals surface area (Å²) in [5.41, 5.74) is 18.8. The van der Waals surface area contributed by atoms with Crippen LogP contribution in [-0.2, 0) is 0 Å². The van der Waals surface area contributed by atoms with E-state index in [1.54, 1.807) is 0 Å². The molecule has 2 aromatic heterocycles. The smallest absolute Gasteiger partial charge is 0.178 e. The van der Waals surface area contributed by atoms with Gasteiger partial charge in [0, 0.05) is 44.3 Å². The largest absolute Gasteiger partial charge is 0.452 e. The van der Waals surface area contributed by atoms with Crippen LogP contribution in [0.3, 0.4) is 0 Å². The van der Waals surface area contributed by atoms with Crippen molar-refractivity contribution in [3.05, 3.63) is 191 Å². The number of rotatable bonds is 6. The van der Waals surface area contributed by atoms with E-state index in [1.807, 2.05) is 0 Å². The highest BCUT2D eigenvalue weighted by Crippen LogP contribution is 2.46. The number of benzene rings is 9. The van der Waals surface area contributed by atoms with E-state index < -0.39 is 0 Å². The summed E-state index contributed by atoms with van der Waals surface area (Å²) in [5, 5.41) is 8.91. The Bertz CT molecular complexity index is 3550. The van der Waals surface area contributed by atoms with E-state index in [2.05, 4.69) is 210 Å². The second-order valence-electron chi connectivity index (χ2n) is 17.0. The maximum absolute atomic E-state index is 6.88. The van der Waals surface area contributed by atoms with Crippen LogP contribution in [0.4, 0.5) is 34.1 Å². The van der Waals surface area contributed by atoms with Crippen molar-refractivity contribution in [2.75, 3.05) is 9.80 Å². The summed E-state index contributed by atoms with van der Waals surface area (Å²) in [6.45, 7) is 15.3. The molecule has 0 radical (unpaired) electrons. The minimum absolute atomic E-state index is 0.782. The van der Waals surface area contributed by atoms with Crippen molar-refractivity contribution in [2.24, 2.45) is 0 Å². The maximum atomic E-state index is 6.88. The molecule has 0 atom stereocenters. The Kier molecular flexibility index (Phi) is 8.37. The Hall–Kier alpha value is -7.30. The minimum Gasteiger partial charge on any atom is -0.452 e. The molecular weight excluding hydrogens is 745 g/mol. The second-order valence-corrected chi connectivity index (χ2v) is 17.0. The Morgan fingerprint density at radius 2 is 0.770 bits per heavy atom. The van der Waals surface area contributed by atoms with Gasteiger partial charge in [-0.3, -0.25) is 0 Å². The number of aryl methyl sites for hydroxylation is 7. The number of hydrogen-bond donors (Lipinski definition) is 0. The van der Waals surface area contributed by atoms with Crippen LogP contribution in [0.2, 0.25) is 0 Å². The summed E-state index contributed by atoms with van der Waals surface area (Å²) >= 11 is 0. The average molecular weight is 791 g/mol. The van der Waals surface area contributed by atoms with Crippen LogP contribution in [0.1, 0.15) is 38.9 Å². The lowest BCUT2D eigenvalue weighted by molar-refractivity contribution is 0.633.